The fourth-order valence-electron chi connectivity index (χ4n) is 5.56. The number of carbonyl (C=O) groups excluding carboxylic acids is 3. The van der Waals surface area contributed by atoms with Crippen LogP contribution >= 0.6 is 23.8 Å². The number of thiocarbonyl (C=S) groups is 1. The lowest BCUT2D eigenvalue weighted by Gasteiger charge is -2.31. The second-order valence-corrected chi connectivity index (χ2v) is 12.0. The molecule has 4 rings (SSSR count). The van der Waals surface area contributed by atoms with Crippen LogP contribution in [0.15, 0.2) is 48.5 Å². The molecule has 11 heteroatoms. The van der Waals surface area contributed by atoms with Crippen molar-refractivity contribution in [2.75, 3.05) is 43.0 Å². The molecule has 0 spiro atoms. The Morgan fingerprint density at radius 3 is 2.35 bits per heavy atom. The molecule has 2 aromatic carbocycles. The molecule has 0 radical (unpaired) electrons. The minimum absolute atomic E-state index is 0.0389. The number of benzene rings is 2. The van der Waals surface area contributed by atoms with Crippen molar-refractivity contribution in [3.05, 3.63) is 53.6 Å². The minimum atomic E-state index is -0.727. The second-order valence-electron chi connectivity index (χ2n) is 11.2. The van der Waals surface area contributed by atoms with Crippen LogP contribution in [0.5, 0.6) is 5.75 Å². The number of hydrogen-bond donors (Lipinski definition) is 2. The van der Waals surface area contributed by atoms with Gasteiger partial charge in [0.15, 0.2) is 5.11 Å². The van der Waals surface area contributed by atoms with E-state index in [0.29, 0.717) is 34.7 Å². The van der Waals surface area contributed by atoms with Crippen molar-refractivity contribution in [3.63, 3.8) is 0 Å². The van der Waals surface area contributed by atoms with Crippen molar-refractivity contribution in [1.82, 2.24) is 9.80 Å². The van der Waals surface area contributed by atoms with Gasteiger partial charge < -0.3 is 25.6 Å². The van der Waals surface area contributed by atoms with Crippen molar-refractivity contribution < 1.29 is 19.1 Å². The van der Waals surface area contributed by atoms with Crippen LogP contribution in [0.2, 0.25) is 5.02 Å². The lowest BCUT2D eigenvalue weighted by molar-refractivity contribution is -0.124. The standard InChI is InChI=1S/C32H42ClN5O4S/c1-2-3-4-5-21-42-27-13-9-25(10-14-27)35-29(39)22-28-31(41)38(26-11-7-24(33)8-12-26)32(43)37(28)18-6-17-36-19-15-23(16-20-36)30(34)40/h7-14,23,28H,2-6,15-22H2,1H3,(H2,34,40)(H,35,39). The van der Waals surface area contributed by atoms with Gasteiger partial charge in [-0.2, -0.15) is 0 Å². The monoisotopic (exact) mass is 627 g/mol. The molecule has 43 heavy (non-hydrogen) atoms. The van der Waals surface area contributed by atoms with Gasteiger partial charge in [0.2, 0.25) is 11.8 Å². The van der Waals surface area contributed by atoms with Gasteiger partial charge in [0.05, 0.1) is 18.7 Å². The largest absolute Gasteiger partial charge is 0.494 e. The molecule has 1 unspecified atom stereocenters. The van der Waals surface area contributed by atoms with Gasteiger partial charge in [0.25, 0.3) is 5.91 Å². The Morgan fingerprint density at radius 1 is 1.00 bits per heavy atom. The number of nitrogens with zero attached hydrogens (tertiary/aromatic N) is 3. The average molecular weight is 628 g/mol. The van der Waals surface area contributed by atoms with E-state index in [9.17, 15) is 14.4 Å². The number of primary amides is 1. The Hall–Kier alpha value is -3.21. The lowest BCUT2D eigenvalue weighted by atomic mass is 9.96. The summed E-state index contributed by atoms with van der Waals surface area (Å²) in [5.41, 5.74) is 6.73. The molecule has 232 valence electrons. The van der Waals surface area contributed by atoms with E-state index >= 15 is 0 Å². The highest BCUT2D eigenvalue weighted by Gasteiger charge is 2.44. The summed E-state index contributed by atoms with van der Waals surface area (Å²) in [5, 5.41) is 3.85. The number of likely N-dealkylation sites (tertiary alicyclic amines) is 1. The Morgan fingerprint density at radius 2 is 1.70 bits per heavy atom. The second kappa shape index (κ2) is 16.0. The predicted molar refractivity (Wildman–Crippen MR) is 174 cm³/mol. The highest BCUT2D eigenvalue weighted by molar-refractivity contribution is 7.80. The molecule has 0 saturated carbocycles. The number of halogens is 1. The highest BCUT2D eigenvalue weighted by atomic mass is 35.5. The summed E-state index contributed by atoms with van der Waals surface area (Å²) < 4.78 is 5.80. The van der Waals surface area contributed by atoms with Crippen LogP contribution in [-0.4, -0.2) is 71.5 Å². The van der Waals surface area contributed by atoms with Crippen LogP contribution in [0.4, 0.5) is 11.4 Å². The van der Waals surface area contributed by atoms with Gasteiger partial charge in [0.1, 0.15) is 11.8 Å². The van der Waals surface area contributed by atoms with Crippen molar-refractivity contribution in [2.24, 2.45) is 11.7 Å². The van der Waals surface area contributed by atoms with Gasteiger partial charge in [0, 0.05) is 23.2 Å². The first-order valence-electron chi connectivity index (χ1n) is 15.2. The molecule has 3 amide bonds. The number of nitrogens with two attached hydrogens (primary N) is 1. The van der Waals surface area contributed by atoms with Crippen LogP contribution < -0.4 is 20.7 Å². The normalized spacial score (nSPS) is 17.9. The van der Waals surface area contributed by atoms with E-state index in [1.807, 2.05) is 17.0 Å². The molecule has 2 heterocycles. The number of unbranched alkanes of at least 4 members (excludes halogenated alkanes) is 3. The Labute approximate surface area is 264 Å². The Balaban J connectivity index is 1.36. The van der Waals surface area contributed by atoms with E-state index in [1.54, 1.807) is 36.4 Å². The van der Waals surface area contributed by atoms with E-state index in [4.69, 9.17) is 34.3 Å². The molecule has 2 saturated heterocycles. The molecule has 0 aromatic heterocycles. The third-order valence-corrected chi connectivity index (χ3v) is 8.72. The average Bonchev–Trinajstić information content (AvgIpc) is 3.22. The zero-order valence-corrected chi connectivity index (χ0v) is 26.4. The molecule has 2 aliphatic rings. The maximum Gasteiger partial charge on any atom is 0.256 e. The van der Waals surface area contributed by atoms with Crippen molar-refractivity contribution in [3.8, 4) is 5.75 Å². The molecule has 1 atom stereocenters. The van der Waals surface area contributed by atoms with E-state index in [0.717, 1.165) is 57.5 Å². The lowest BCUT2D eigenvalue weighted by Crippen LogP contribution is -2.41. The number of carbonyl (C=O) groups is 3. The van der Waals surface area contributed by atoms with Crippen LogP contribution in [0.1, 0.15) is 58.3 Å². The van der Waals surface area contributed by atoms with Crippen molar-refractivity contribution in [2.45, 2.75) is 64.3 Å². The van der Waals surface area contributed by atoms with E-state index in [-0.39, 0.29) is 30.1 Å². The SMILES string of the molecule is CCCCCCOc1ccc(NC(=O)CC2C(=O)N(c3ccc(Cl)cc3)C(=S)N2CCCN2CCC(C(N)=O)CC2)cc1. The van der Waals surface area contributed by atoms with Crippen LogP contribution in [-0.2, 0) is 14.4 Å². The van der Waals surface area contributed by atoms with E-state index < -0.39 is 6.04 Å². The number of piperidine rings is 1. The van der Waals surface area contributed by atoms with E-state index in [2.05, 4.69) is 17.1 Å². The molecule has 2 aromatic rings. The first kappa shape index (κ1) is 32.7. The summed E-state index contributed by atoms with van der Waals surface area (Å²) in [4.78, 5) is 44.0. The van der Waals surface area contributed by atoms with Gasteiger partial charge in [-0.05, 0) is 106 Å². The summed E-state index contributed by atoms with van der Waals surface area (Å²) in [5.74, 6) is -0.0434. The van der Waals surface area contributed by atoms with Crippen LogP contribution in [0, 0.1) is 5.92 Å². The van der Waals surface area contributed by atoms with Crippen molar-refractivity contribution >= 4 is 58.0 Å². The molecule has 9 nitrogen and oxygen atoms in total. The summed E-state index contributed by atoms with van der Waals surface area (Å²) in [6.45, 7) is 5.78. The number of ether oxygens (including phenoxy) is 1. The third kappa shape index (κ3) is 9.14. The fourth-order valence-corrected chi connectivity index (χ4v) is 6.10. The zero-order chi connectivity index (χ0) is 30.8. The molecule has 3 N–H and O–H groups in total. The van der Waals surface area contributed by atoms with Gasteiger partial charge in [-0.3, -0.25) is 19.3 Å². The van der Waals surface area contributed by atoms with Crippen LogP contribution in [0.25, 0.3) is 0 Å². The molecular formula is C32H42ClN5O4S. The Kier molecular flexibility index (Phi) is 12.2. The van der Waals surface area contributed by atoms with Gasteiger partial charge in [-0.25, -0.2) is 0 Å². The maximum absolute atomic E-state index is 13.7. The zero-order valence-electron chi connectivity index (χ0n) is 24.8. The first-order valence-corrected chi connectivity index (χ1v) is 16.0. The number of amides is 3. The number of anilines is 2. The quantitative estimate of drug-likeness (QED) is 0.206. The van der Waals surface area contributed by atoms with Crippen molar-refractivity contribution in [1.29, 1.82) is 0 Å². The smallest absolute Gasteiger partial charge is 0.256 e. The van der Waals surface area contributed by atoms with Crippen LogP contribution in [0.3, 0.4) is 0 Å². The molecule has 0 bridgehead atoms. The summed E-state index contributed by atoms with van der Waals surface area (Å²) in [6.07, 6.45) is 6.78. The fraction of sp³-hybridized carbons (Fsp3) is 0.500. The summed E-state index contributed by atoms with van der Waals surface area (Å²) >= 11 is 11.9. The molecular weight excluding hydrogens is 586 g/mol. The third-order valence-electron chi connectivity index (χ3n) is 8.05. The van der Waals surface area contributed by atoms with Gasteiger partial charge >= 0.3 is 0 Å². The van der Waals surface area contributed by atoms with Gasteiger partial charge in [-0.15, -0.1) is 0 Å². The predicted octanol–water partition coefficient (Wildman–Crippen LogP) is 5.22. The topological polar surface area (TPSA) is 108 Å². The molecule has 2 fully saturated rings. The number of hydrogen-bond acceptors (Lipinski definition) is 6. The summed E-state index contributed by atoms with van der Waals surface area (Å²) in [7, 11) is 0. The number of nitrogens with one attached hydrogen (secondary N) is 1. The van der Waals surface area contributed by atoms with Gasteiger partial charge in [-0.1, -0.05) is 37.8 Å². The molecule has 0 aliphatic carbocycles. The number of rotatable bonds is 15. The highest BCUT2D eigenvalue weighted by Crippen LogP contribution is 2.29. The summed E-state index contributed by atoms with van der Waals surface area (Å²) in [6, 6.07) is 13.5. The van der Waals surface area contributed by atoms with E-state index in [1.165, 1.54) is 17.7 Å². The molecule has 2 aliphatic heterocycles. The Bertz CT molecular complexity index is 1250. The minimum Gasteiger partial charge on any atom is -0.494 e. The first-order chi connectivity index (χ1) is 20.8. The maximum atomic E-state index is 13.7.